The van der Waals surface area contributed by atoms with E-state index < -0.39 is 0 Å². The Morgan fingerprint density at radius 1 is 1.38 bits per heavy atom. The third-order valence-electron chi connectivity index (χ3n) is 5.04. The van der Waals surface area contributed by atoms with Crippen molar-refractivity contribution in [1.82, 2.24) is 24.9 Å². The number of pyridine rings is 1. The minimum absolute atomic E-state index is 0.0388. The van der Waals surface area contributed by atoms with E-state index in [1.54, 1.807) is 6.20 Å². The van der Waals surface area contributed by atoms with Crippen LogP contribution >= 0.6 is 0 Å². The number of amides is 1. The Hall–Kier alpha value is -2.24. The van der Waals surface area contributed by atoms with Crippen molar-refractivity contribution in [3.63, 3.8) is 0 Å². The Balaban J connectivity index is 1.56. The molecule has 2 aromatic rings. The van der Waals surface area contributed by atoms with Gasteiger partial charge in [0.1, 0.15) is 0 Å². The Bertz CT molecular complexity index is 737. The summed E-state index contributed by atoms with van der Waals surface area (Å²) in [6.07, 6.45) is 9.22. The fourth-order valence-corrected chi connectivity index (χ4v) is 3.59. The zero-order chi connectivity index (χ0) is 16.5. The highest BCUT2D eigenvalue weighted by atomic mass is 16.2. The van der Waals surface area contributed by atoms with Gasteiger partial charge in [0.15, 0.2) is 5.69 Å². The lowest BCUT2D eigenvalue weighted by Gasteiger charge is -2.33. The molecule has 0 radical (unpaired) electrons. The Kier molecular flexibility index (Phi) is 4.04. The average Bonchev–Trinajstić information content (AvgIpc) is 3.30. The third kappa shape index (κ3) is 2.92. The Morgan fingerprint density at radius 3 is 3.04 bits per heavy atom. The molecule has 1 saturated carbocycles. The summed E-state index contributed by atoms with van der Waals surface area (Å²) in [5, 5.41) is 8.25. The fraction of sp³-hybridized carbons (Fsp3) is 0.556. The maximum atomic E-state index is 13.0. The molecule has 6 nitrogen and oxygen atoms in total. The fourth-order valence-electron chi connectivity index (χ4n) is 3.59. The molecule has 2 aliphatic carbocycles. The molecular weight excluding hydrogens is 302 g/mol. The lowest BCUT2D eigenvalue weighted by atomic mass is 9.90. The van der Waals surface area contributed by atoms with Crippen molar-refractivity contribution in [2.75, 3.05) is 6.54 Å². The second-order valence-electron chi connectivity index (χ2n) is 6.82. The molecule has 0 spiro atoms. The van der Waals surface area contributed by atoms with E-state index in [1.807, 2.05) is 28.8 Å². The van der Waals surface area contributed by atoms with Gasteiger partial charge in [-0.1, -0.05) is 11.3 Å². The summed E-state index contributed by atoms with van der Waals surface area (Å²) in [7, 11) is 0. The molecule has 126 valence electrons. The number of aromatic nitrogens is 4. The van der Waals surface area contributed by atoms with Crippen LogP contribution in [0.25, 0.3) is 0 Å². The molecule has 1 unspecified atom stereocenters. The second kappa shape index (κ2) is 6.34. The van der Waals surface area contributed by atoms with E-state index in [2.05, 4.69) is 21.4 Å². The number of hydrogen-bond acceptors (Lipinski definition) is 4. The third-order valence-corrected chi connectivity index (χ3v) is 5.04. The van der Waals surface area contributed by atoms with Crippen LogP contribution in [-0.2, 0) is 13.0 Å². The van der Waals surface area contributed by atoms with Crippen LogP contribution in [0.5, 0.6) is 0 Å². The van der Waals surface area contributed by atoms with E-state index in [0.717, 1.165) is 31.5 Å². The highest BCUT2D eigenvalue weighted by molar-refractivity contribution is 5.92. The molecule has 1 fully saturated rings. The van der Waals surface area contributed by atoms with E-state index >= 15 is 0 Å². The molecule has 2 heterocycles. The van der Waals surface area contributed by atoms with Crippen molar-refractivity contribution in [2.24, 2.45) is 5.92 Å². The summed E-state index contributed by atoms with van der Waals surface area (Å²) >= 11 is 0. The zero-order valence-electron chi connectivity index (χ0n) is 14.1. The average molecular weight is 325 g/mol. The van der Waals surface area contributed by atoms with E-state index in [-0.39, 0.29) is 11.9 Å². The van der Waals surface area contributed by atoms with Gasteiger partial charge in [-0.2, -0.15) is 0 Å². The van der Waals surface area contributed by atoms with Crippen LogP contribution < -0.4 is 0 Å². The molecule has 0 bridgehead atoms. The molecule has 1 amide bonds. The largest absolute Gasteiger partial charge is 0.329 e. The molecule has 0 aliphatic heterocycles. The maximum absolute atomic E-state index is 13.0. The SMILES string of the molecule is CCN(C(=O)c1cn(CC2CC2)nn1)C1CCCc2cccnc21. The monoisotopic (exact) mass is 325 g/mol. The molecule has 0 aromatic carbocycles. The predicted molar refractivity (Wildman–Crippen MR) is 89.4 cm³/mol. The topological polar surface area (TPSA) is 63.9 Å². The van der Waals surface area contributed by atoms with Crippen LogP contribution in [0.4, 0.5) is 0 Å². The standard InChI is InChI=1S/C18H23N5O/c1-2-23(16-7-3-5-14-6-4-10-19-17(14)16)18(24)15-12-22(21-20-15)11-13-8-9-13/h4,6,10,12-13,16H,2-3,5,7-9,11H2,1H3. The molecule has 0 saturated heterocycles. The normalized spacial score (nSPS) is 19.8. The van der Waals surface area contributed by atoms with Gasteiger partial charge in [-0.05, 0) is 56.6 Å². The van der Waals surface area contributed by atoms with Crippen LogP contribution in [0.3, 0.4) is 0 Å². The molecule has 24 heavy (non-hydrogen) atoms. The van der Waals surface area contributed by atoms with Gasteiger partial charge in [-0.3, -0.25) is 14.5 Å². The van der Waals surface area contributed by atoms with Crippen molar-refractivity contribution in [3.05, 3.63) is 41.5 Å². The van der Waals surface area contributed by atoms with E-state index in [0.29, 0.717) is 18.2 Å². The van der Waals surface area contributed by atoms with Crippen LogP contribution in [0, 0.1) is 5.92 Å². The first-order valence-electron chi connectivity index (χ1n) is 8.91. The summed E-state index contributed by atoms with van der Waals surface area (Å²) < 4.78 is 1.81. The van der Waals surface area contributed by atoms with Gasteiger partial charge >= 0.3 is 0 Å². The van der Waals surface area contributed by atoms with Crippen LogP contribution in [0.15, 0.2) is 24.5 Å². The highest BCUT2D eigenvalue weighted by Crippen LogP contribution is 2.33. The number of fused-ring (bicyclic) bond motifs is 1. The quantitative estimate of drug-likeness (QED) is 0.848. The number of carbonyl (C=O) groups excluding carboxylic acids is 1. The van der Waals surface area contributed by atoms with Gasteiger partial charge in [-0.15, -0.1) is 5.10 Å². The Morgan fingerprint density at radius 2 is 2.25 bits per heavy atom. The van der Waals surface area contributed by atoms with Crippen molar-refractivity contribution in [2.45, 2.75) is 51.6 Å². The minimum Gasteiger partial charge on any atom is -0.329 e. The maximum Gasteiger partial charge on any atom is 0.276 e. The van der Waals surface area contributed by atoms with E-state index in [1.165, 1.54) is 18.4 Å². The van der Waals surface area contributed by atoms with Gasteiger partial charge in [0.2, 0.25) is 0 Å². The summed E-state index contributed by atoms with van der Waals surface area (Å²) in [5.41, 5.74) is 2.75. The zero-order valence-corrected chi connectivity index (χ0v) is 14.1. The first-order chi connectivity index (χ1) is 11.8. The number of nitrogens with zero attached hydrogens (tertiary/aromatic N) is 5. The van der Waals surface area contributed by atoms with Crippen LogP contribution in [0.1, 0.15) is 60.4 Å². The summed E-state index contributed by atoms with van der Waals surface area (Å²) in [6, 6.07) is 4.14. The first-order valence-corrected chi connectivity index (χ1v) is 8.91. The Labute approximate surface area is 141 Å². The van der Waals surface area contributed by atoms with Gasteiger partial charge in [-0.25, -0.2) is 0 Å². The molecule has 4 rings (SSSR count). The van der Waals surface area contributed by atoms with Crippen molar-refractivity contribution >= 4 is 5.91 Å². The number of hydrogen-bond donors (Lipinski definition) is 0. The van der Waals surface area contributed by atoms with Crippen LogP contribution in [-0.4, -0.2) is 37.3 Å². The molecule has 0 N–H and O–H groups in total. The second-order valence-corrected chi connectivity index (χ2v) is 6.82. The molecule has 6 heteroatoms. The lowest BCUT2D eigenvalue weighted by Crippen LogP contribution is -2.37. The smallest absolute Gasteiger partial charge is 0.276 e. The molecular formula is C18H23N5O. The van der Waals surface area contributed by atoms with Crippen LogP contribution in [0.2, 0.25) is 0 Å². The summed E-state index contributed by atoms with van der Waals surface area (Å²) in [4.78, 5) is 19.4. The molecule has 2 aliphatic rings. The summed E-state index contributed by atoms with van der Waals surface area (Å²) in [6.45, 7) is 3.54. The number of carbonyl (C=O) groups is 1. The predicted octanol–water partition coefficient (Wildman–Crippen LogP) is 2.62. The van der Waals surface area contributed by atoms with Gasteiger partial charge in [0.25, 0.3) is 5.91 Å². The minimum atomic E-state index is -0.0388. The molecule has 2 aromatic heterocycles. The summed E-state index contributed by atoms with van der Waals surface area (Å²) in [5.74, 6) is 0.675. The number of aryl methyl sites for hydroxylation is 1. The van der Waals surface area contributed by atoms with E-state index in [4.69, 9.17) is 0 Å². The van der Waals surface area contributed by atoms with Gasteiger partial charge in [0.05, 0.1) is 17.9 Å². The van der Waals surface area contributed by atoms with Crippen molar-refractivity contribution in [3.8, 4) is 0 Å². The lowest BCUT2D eigenvalue weighted by molar-refractivity contribution is 0.0659. The van der Waals surface area contributed by atoms with Crippen molar-refractivity contribution < 1.29 is 4.79 Å². The van der Waals surface area contributed by atoms with E-state index in [9.17, 15) is 4.79 Å². The van der Waals surface area contributed by atoms with Gasteiger partial charge in [0, 0.05) is 19.3 Å². The number of rotatable bonds is 5. The van der Waals surface area contributed by atoms with Crippen molar-refractivity contribution in [1.29, 1.82) is 0 Å². The molecule has 1 atom stereocenters. The first kappa shape index (κ1) is 15.3. The highest BCUT2D eigenvalue weighted by Gasteiger charge is 2.31. The van der Waals surface area contributed by atoms with Gasteiger partial charge < -0.3 is 4.90 Å².